The van der Waals surface area contributed by atoms with Gasteiger partial charge in [0.2, 0.25) is 5.91 Å². The third kappa shape index (κ3) is 6.78. The zero-order valence-corrected chi connectivity index (χ0v) is 23.8. The monoisotopic (exact) mass is 589 g/mol. The molecule has 1 atom stereocenters. The van der Waals surface area contributed by atoms with Gasteiger partial charge in [0.05, 0.1) is 22.4 Å². The normalized spacial score (nSPS) is 11.9. The van der Waals surface area contributed by atoms with Crippen molar-refractivity contribution in [2.45, 2.75) is 45.4 Å². The van der Waals surface area contributed by atoms with E-state index >= 15 is 0 Å². The van der Waals surface area contributed by atoms with Crippen molar-refractivity contribution in [2.24, 2.45) is 5.92 Å². The second-order valence-corrected chi connectivity index (χ2v) is 10.9. The van der Waals surface area contributed by atoms with Crippen LogP contribution >= 0.6 is 39.3 Å². The Kier molecular flexibility index (Phi) is 9.76. The summed E-state index contributed by atoms with van der Waals surface area (Å²) >= 11 is 11.0. The second kappa shape index (κ2) is 12.6. The van der Waals surface area contributed by atoms with Gasteiger partial charge < -0.3 is 15.2 Å². The molecule has 1 heterocycles. The summed E-state index contributed by atoms with van der Waals surface area (Å²) in [6.07, 6.45) is 1.73. The topological polar surface area (TPSA) is 88.9 Å². The first-order valence-electron chi connectivity index (χ1n) is 11.4. The molecule has 0 aliphatic rings. The zero-order chi connectivity index (χ0) is 26.4. The van der Waals surface area contributed by atoms with Gasteiger partial charge in [-0.25, -0.2) is 0 Å². The van der Waals surface area contributed by atoms with Crippen LogP contribution < -0.4 is 10.6 Å². The largest absolute Gasteiger partial charge is 0.342 e. The smallest absolute Gasteiger partial charge is 0.253 e. The maximum absolute atomic E-state index is 13.0. The predicted molar refractivity (Wildman–Crippen MR) is 150 cm³/mol. The summed E-state index contributed by atoms with van der Waals surface area (Å²) in [4.78, 5) is 25.7. The Bertz CT molecular complexity index is 1250. The molecule has 0 aliphatic heterocycles. The van der Waals surface area contributed by atoms with E-state index in [9.17, 15) is 9.59 Å². The number of aromatic nitrogens is 3. The van der Waals surface area contributed by atoms with E-state index < -0.39 is 6.04 Å². The first-order valence-corrected chi connectivity index (χ1v) is 13.6. The summed E-state index contributed by atoms with van der Waals surface area (Å²) in [5, 5.41) is 15.7. The minimum Gasteiger partial charge on any atom is -0.342 e. The van der Waals surface area contributed by atoms with Crippen molar-refractivity contribution in [3.8, 4) is 0 Å². The standard InChI is InChI=1S/C26H29BrClN5O2S/c1-6-11-33-24(22(15(2)3)30-25(35)19-9-7-8-10-20(19)28)31-32-26(33)36-14-21(34)29-23-16(4)12-18(27)13-17(23)5/h6-10,12-13,15,22H,1,11,14H2,2-5H3,(H,29,34)(H,30,35)/t22-/m1/s1. The lowest BCUT2D eigenvalue weighted by Crippen LogP contribution is -2.34. The molecular weight excluding hydrogens is 562 g/mol. The van der Waals surface area contributed by atoms with Crippen molar-refractivity contribution in [1.29, 1.82) is 0 Å². The minimum atomic E-state index is -0.419. The van der Waals surface area contributed by atoms with E-state index in [-0.39, 0.29) is 23.5 Å². The van der Waals surface area contributed by atoms with E-state index in [1.807, 2.05) is 44.4 Å². The molecule has 190 valence electrons. The van der Waals surface area contributed by atoms with Crippen LogP contribution in [0.15, 0.2) is 58.7 Å². The number of anilines is 1. The van der Waals surface area contributed by atoms with Crippen molar-refractivity contribution in [3.63, 3.8) is 0 Å². The number of nitrogens with one attached hydrogen (secondary N) is 2. The molecule has 2 aromatic carbocycles. The van der Waals surface area contributed by atoms with Gasteiger partial charge in [0.1, 0.15) is 0 Å². The highest BCUT2D eigenvalue weighted by Gasteiger charge is 2.27. The molecular formula is C26H29BrClN5O2S. The highest BCUT2D eigenvalue weighted by molar-refractivity contribution is 9.10. The lowest BCUT2D eigenvalue weighted by molar-refractivity contribution is -0.113. The van der Waals surface area contributed by atoms with Gasteiger partial charge in [0.25, 0.3) is 5.91 Å². The first kappa shape index (κ1) is 28.0. The average Bonchev–Trinajstić information content (AvgIpc) is 3.20. The molecule has 3 aromatic rings. The van der Waals surface area contributed by atoms with Gasteiger partial charge >= 0.3 is 0 Å². The summed E-state index contributed by atoms with van der Waals surface area (Å²) in [6.45, 7) is 12.2. The molecule has 2 N–H and O–H groups in total. The number of hydrogen-bond acceptors (Lipinski definition) is 5. The molecule has 0 bridgehead atoms. The number of amides is 2. The Labute approximate surface area is 229 Å². The number of thioether (sulfide) groups is 1. The molecule has 0 fully saturated rings. The van der Waals surface area contributed by atoms with Crippen LogP contribution in [0.2, 0.25) is 5.02 Å². The SMILES string of the molecule is C=CCn1c(SCC(=O)Nc2c(C)cc(Br)cc2C)nnc1[C@H](NC(=O)c1ccccc1Cl)C(C)C. The molecule has 7 nitrogen and oxygen atoms in total. The maximum atomic E-state index is 13.0. The van der Waals surface area contributed by atoms with E-state index in [0.717, 1.165) is 21.3 Å². The van der Waals surface area contributed by atoms with Gasteiger partial charge in [-0.3, -0.25) is 9.59 Å². The Morgan fingerprint density at radius 2 is 1.86 bits per heavy atom. The number of allylic oxidation sites excluding steroid dienone is 1. The molecule has 10 heteroatoms. The van der Waals surface area contributed by atoms with Crippen LogP contribution in [0.5, 0.6) is 0 Å². The number of aryl methyl sites for hydroxylation is 2. The third-order valence-corrected chi connectivity index (χ3v) is 7.26. The highest BCUT2D eigenvalue weighted by atomic mass is 79.9. The van der Waals surface area contributed by atoms with Crippen molar-refractivity contribution < 1.29 is 9.59 Å². The molecule has 1 aromatic heterocycles. The summed E-state index contributed by atoms with van der Waals surface area (Å²) < 4.78 is 2.84. The van der Waals surface area contributed by atoms with Crippen LogP contribution in [-0.4, -0.2) is 32.3 Å². The highest BCUT2D eigenvalue weighted by Crippen LogP contribution is 2.28. The van der Waals surface area contributed by atoms with Crippen LogP contribution in [0.3, 0.4) is 0 Å². The van der Waals surface area contributed by atoms with Crippen molar-refractivity contribution in [1.82, 2.24) is 20.1 Å². The summed E-state index contributed by atoms with van der Waals surface area (Å²) in [6, 6.07) is 10.4. The number of nitrogens with zero attached hydrogens (tertiary/aromatic N) is 3. The molecule has 0 aliphatic carbocycles. The summed E-state index contributed by atoms with van der Waals surface area (Å²) in [7, 11) is 0. The molecule has 36 heavy (non-hydrogen) atoms. The quantitative estimate of drug-likeness (QED) is 0.212. The average molecular weight is 591 g/mol. The lowest BCUT2D eigenvalue weighted by Gasteiger charge is -2.23. The fourth-order valence-corrected chi connectivity index (χ4v) is 5.41. The van der Waals surface area contributed by atoms with Gasteiger partial charge in [-0.1, -0.05) is 71.3 Å². The van der Waals surface area contributed by atoms with Crippen LogP contribution in [0.25, 0.3) is 0 Å². The van der Waals surface area contributed by atoms with E-state index in [1.165, 1.54) is 11.8 Å². The van der Waals surface area contributed by atoms with Crippen LogP contribution in [0.1, 0.15) is 47.2 Å². The third-order valence-electron chi connectivity index (χ3n) is 5.50. The predicted octanol–water partition coefficient (Wildman–Crippen LogP) is 6.35. The maximum Gasteiger partial charge on any atom is 0.253 e. The van der Waals surface area contributed by atoms with Gasteiger partial charge in [0.15, 0.2) is 11.0 Å². The first-order chi connectivity index (χ1) is 17.1. The zero-order valence-electron chi connectivity index (χ0n) is 20.6. The fraction of sp³-hybridized carbons (Fsp3) is 0.308. The Morgan fingerprint density at radius 1 is 1.19 bits per heavy atom. The number of halogens is 2. The number of carbonyl (C=O) groups is 2. The number of carbonyl (C=O) groups excluding carboxylic acids is 2. The van der Waals surface area contributed by atoms with Gasteiger partial charge in [-0.2, -0.15) is 0 Å². The van der Waals surface area contributed by atoms with E-state index in [1.54, 1.807) is 30.3 Å². The van der Waals surface area contributed by atoms with Crippen LogP contribution in [-0.2, 0) is 11.3 Å². The van der Waals surface area contributed by atoms with Crippen molar-refractivity contribution in [2.75, 3.05) is 11.1 Å². The minimum absolute atomic E-state index is 0.0220. The number of hydrogen-bond donors (Lipinski definition) is 2. The van der Waals surface area contributed by atoms with E-state index in [2.05, 4.69) is 43.3 Å². The Morgan fingerprint density at radius 3 is 2.47 bits per heavy atom. The molecule has 3 rings (SSSR count). The summed E-state index contributed by atoms with van der Waals surface area (Å²) in [5.74, 6) is 0.334. The molecule has 0 saturated heterocycles. The van der Waals surface area contributed by atoms with Crippen molar-refractivity contribution in [3.05, 3.63) is 81.1 Å². The Hall–Kier alpha value is -2.62. The molecule has 0 saturated carbocycles. The van der Waals surface area contributed by atoms with Crippen LogP contribution in [0.4, 0.5) is 5.69 Å². The number of rotatable bonds is 10. The summed E-state index contributed by atoms with van der Waals surface area (Å²) in [5.41, 5.74) is 3.15. The van der Waals surface area contributed by atoms with Gasteiger partial charge in [-0.15, -0.1) is 16.8 Å². The van der Waals surface area contributed by atoms with Gasteiger partial charge in [0, 0.05) is 16.7 Å². The number of benzene rings is 2. The van der Waals surface area contributed by atoms with E-state index in [0.29, 0.717) is 28.1 Å². The van der Waals surface area contributed by atoms with Gasteiger partial charge in [-0.05, 0) is 55.2 Å². The van der Waals surface area contributed by atoms with Crippen LogP contribution in [0, 0.1) is 19.8 Å². The molecule has 0 unspecified atom stereocenters. The second-order valence-electron chi connectivity index (χ2n) is 8.67. The molecule has 0 spiro atoms. The van der Waals surface area contributed by atoms with Crippen molar-refractivity contribution >= 4 is 56.8 Å². The molecule has 0 radical (unpaired) electrons. The van der Waals surface area contributed by atoms with E-state index in [4.69, 9.17) is 11.6 Å². The Balaban J connectivity index is 1.78. The molecule has 2 amide bonds. The lowest BCUT2D eigenvalue weighted by atomic mass is 10.0. The fourth-order valence-electron chi connectivity index (χ4n) is 3.74.